The standard InChI is InChI=1S/C27H34N4O3S/c1-3-30(4-2)12-13-31(27(35)28-11-10-20-8-6-5-7-9-20)19-22-16-21-17-24-25(34-15-14-33-24)18-23(21)29-26(22)32/h5-9,16-18H,3-4,10-15,19H2,1-2H3,(H,28,35)(H,29,32). The highest BCUT2D eigenvalue weighted by molar-refractivity contribution is 7.80. The van der Waals surface area contributed by atoms with Crippen molar-refractivity contribution in [3.05, 3.63) is 70.0 Å². The van der Waals surface area contributed by atoms with Crippen LogP contribution in [0.1, 0.15) is 25.0 Å². The lowest BCUT2D eigenvalue weighted by molar-refractivity contribution is 0.172. The van der Waals surface area contributed by atoms with E-state index in [0.717, 1.165) is 50.0 Å². The van der Waals surface area contributed by atoms with Gasteiger partial charge in [0.05, 0.1) is 12.1 Å². The molecule has 7 nitrogen and oxygen atoms in total. The van der Waals surface area contributed by atoms with Crippen molar-refractivity contribution in [2.24, 2.45) is 0 Å². The summed E-state index contributed by atoms with van der Waals surface area (Å²) in [7, 11) is 0. The lowest BCUT2D eigenvalue weighted by Crippen LogP contribution is -2.44. The predicted molar refractivity (Wildman–Crippen MR) is 145 cm³/mol. The van der Waals surface area contributed by atoms with Crippen molar-refractivity contribution in [3.8, 4) is 11.5 Å². The Bertz CT molecular complexity index is 1190. The number of ether oxygens (including phenoxy) is 2. The van der Waals surface area contributed by atoms with Crippen LogP contribution in [0, 0.1) is 0 Å². The molecule has 8 heteroatoms. The molecular formula is C27H34N4O3S. The molecule has 3 aromatic rings. The van der Waals surface area contributed by atoms with Gasteiger partial charge in [-0.25, -0.2) is 0 Å². The summed E-state index contributed by atoms with van der Waals surface area (Å²) in [5.41, 5.74) is 2.55. The van der Waals surface area contributed by atoms with Crippen LogP contribution < -0.4 is 20.3 Å². The van der Waals surface area contributed by atoms with Gasteiger partial charge in [-0.2, -0.15) is 0 Å². The highest BCUT2D eigenvalue weighted by atomic mass is 32.1. The van der Waals surface area contributed by atoms with Gasteiger partial charge in [-0.3, -0.25) is 4.79 Å². The van der Waals surface area contributed by atoms with Gasteiger partial charge in [0.15, 0.2) is 16.6 Å². The monoisotopic (exact) mass is 494 g/mol. The van der Waals surface area contributed by atoms with Crippen molar-refractivity contribution in [2.75, 3.05) is 45.9 Å². The van der Waals surface area contributed by atoms with E-state index in [1.807, 2.05) is 36.4 Å². The van der Waals surface area contributed by atoms with Crippen molar-refractivity contribution >= 4 is 28.2 Å². The molecule has 2 aromatic carbocycles. The summed E-state index contributed by atoms with van der Waals surface area (Å²) < 4.78 is 11.4. The number of likely N-dealkylation sites (N-methyl/N-ethyl adjacent to an activating group) is 1. The maximum atomic E-state index is 13.0. The average Bonchev–Trinajstić information content (AvgIpc) is 2.88. The topological polar surface area (TPSA) is 69.8 Å². The number of fused-ring (bicyclic) bond motifs is 2. The number of benzene rings is 2. The Morgan fingerprint density at radius 1 is 1.03 bits per heavy atom. The third-order valence-corrected chi connectivity index (χ3v) is 6.75. The number of nitrogens with one attached hydrogen (secondary N) is 2. The van der Waals surface area contributed by atoms with Crippen molar-refractivity contribution in [3.63, 3.8) is 0 Å². The van der Waals surface area contributed by atoms with E-state index in [2.05, 4.69) is 46.1 Å². The fraction of sp³-hybridized carbons (Fsp3) is 0.407. The zero-order chi connectivity index (χ0) is 24.6. The van der Waals surface area contributed by atoms with E-state index in [9.17, 15) is 4.79 Å². The van der Waals surface area contributed by atoms with Crippen LogP contribution >= 0.6 is 12.2 Å². The van der Waals surface area contributed by atoms with Gasteiger partial charge < -0.3 is 29.6 Å². The van der Waals surface area contributed by atoms with E-state index in [1.54, 1.807) is 0 Å². The van der Waals surface area contributed by atoms with Crippen LogP contribution in [0.4, 0.5) is 0 Å². The first-order valence-corrected chi connectivity index (χ1v) is 12.7. The maximum absolute atomic E-state index is 13.0. The minimum absolute atomic E-state index is 0.117. The van der Waals surface area contributed by atoms with Crippen LogP contribution in [0.2, 0.25) is 0 Å². The van der Waals surface area contributed by atoms with Crippen LogP contribution in [-0.2, 0) is 13.0 Å². The second-order valence-electron chi connectivity index (χ2n) is 8.62. The summed E-state index contributed by atoms with van der Waals surface area (Å²) in [4.78, 5) is 20.4. The molecule has 0 atom stereocenters. The lowest BCUT2D eigenvalue weighted by atomic mass is 10.1. The van der Waals surface area contributed by atoms with Crippen LogP contribution in [0.3, 0.4) is 0 Å². The van der Waals surface area contributed by atoms with Gasteiger partial charge in [0.1, 0.15) is 13.2 Å². The Morgan fingerprint density at radius 3 is 2.46 bits per heavy atom. The third-order valence-electron chi connectivity index (χ3n) is 6.35. The summed E-state index contributed by atoms with van der Waals surface area (Å²) in [5.74, 6) is 1.37. The number of pyridine rings is 1. The summed E-state index contributed by atoms with van der Waals surface area (Å²) in [6.45, 7) is 10.1. The number of rotatable bonds is 10. The van der Waals surface area contributed by atoms with Crippen LogP contribution in [-0.4, -0.2) is 65.8 Å². The number of H-pyrrole nitrogens is 1. The Kier molecular flexibility index (Phi) is 8.60. The Balaban J connectivity index is 1.51. The molecule has 186 valence electrons. The molecule has 0 saturated heterocycles. The van der Waals surface area contributed by atoms with Gasteiger partial charge in [-0.15, -0.1) is 0 Å². The molecule has 0 unspecified atom stereocenters. The number of aromatic nitrogens is 1. The molecule has 0 fully saturated rings. The van der Waals surface area contributed by atoms with Crippen LogP contribution in [0.25, 0.3) is 10.9 Å². The Hall–Kier alpha value is -3.10. The highest BCUT2D eigenvalue weighted by Crippen LogP contribution is 2.33. The maximum Gasteiger partial charge on any atom is 0.253 e. The summed E-state index contributed by atoms with van der Waals surface area (Å²) >= 11 is 5.78. The van der Waals surface area contributed by atoms with Crippen molar-refractivity contribution in [1.82, 2.24) is 20.1 Å². The number of thiocarbonyl (C=S) groups is 1. The molecule has 0 bridgehead atoms. The van der Waals surface area contributed by atoms with Crippen LogP contribution in [0.5, 0.6) is 11.5 Å². The molecule has 0 amide bonds. The van der Waals surface area contributed by atoms with E-state index in [-0.39, 0.29) is 5.56 Å². The predicted octanol–water partition coefficient (Wildman–Crippen LogP) is 3.56. The smallest absolute Gasteiger partial charge is 0.253 e. The number of hydrogen-bond acceptors (Lipinski definition) is 5. The molecule has 2 N–H and O–H groups in total. The number of hydrogen-bond donors (Lipinski definition) is 2. The first-order chi connectivity index (χ1) is 17.1. The van der Waals surface area contributed by atoms with Crippen molar-refractivity contribution in [1.29, 1.82) is 0 Å². The molecule has 0 saturated carbocycles. The van der Waals surface area contributed by atoms with E-state index < -0.39 is 0 Å². The first kappa shape index (κ1) is 25.0. The molecule has 4 rings (SSSR count). The highest BCUT2D eigenvalue weighted by Gasteiger charge is 2.17. The molecule has 1 aromatic heterocycles. The SMILES string of the molecule is CCN(CC)CCN(Cc1cc2cc3c(cc2[nH]c1=O)OCCO3)C(=S)NCCc1ccccc1. The van der Waals surface area contributed by atoms with Gasteiger partial charge in [-0.05, 0) is 49.4 Å². The van der Waals surface area contributed by atoms with E-state index >= 15 is 0 Å². The molecule has 1 aliphatic heterocycles. The number of aromatic amines is 1. The zero-order valence-electron chi connectivity index (χ0n) is 20.5. The van der Waals surface area contributed by atoms with E-state index in [4.69, 9.17) is 21.7 Å². The quantitative estimate of drug-likeness (QED) is 0.418. The molecule has 2 heterocycles. The summed E-state index contributed by atoms with van der Waals surface area (Å²) in [6, 6.07) is 16.0. The van der Waals surface area contributed by atoms with E-state index in [0.29, 0.717) is 41.9 Å². The van der Waals surface area contributed by atoms with Crippen LogP contribution in [0.15, 0.2) is 53.3 Å². The molecule has 0 spiro atoms. The second kappa shape index (κ2) is 12.0. The minimum atomic E-state index is -0.117. The number of nitrogens with zero attached hydrogens (tertiary/aromatic N) is 2. The molecular weight excluding hydrogens is 460 g/mol. The summed E-state index contributed by atoms with van der Waals surface area (Å²) in [5, 5.41) is 4.97. The largest absolute Gasteiger partial charge is 0.486 e. The van der Waals surface area contributed by atoms with Gasteiger partial charge in [0.2, 0.25) is 0 Å². The van der Waals surface area contributed by atoms with Gasteiger partial charge in [0, 0.05) is 36.7 Å². The average molecular weight is 495 g/mol. The molecule has 35 heavy (non-hydrogen) atoms. The summed E-state index contributed by atoms with van der Waals surface area (Å²) in [6.07, 6.45) is 0.884. The Morgan fingerprint density at radius 2 is 1.74 bits per heavy atom. The van der Waals surface area contributed by atoms with Crippen molar-refractivity contribution < 1.29 is 9.47 Å². The van der Waals surface area contributed by atoms with Gasteiger partial charge in [0.25, 0.3) is 5.56 Å². The van der Waals surface area contributed by atoms with Gasteiger partial charge >= 0.3 is 0 Å². The first-order valence-electron chi connectivity index (χ1n) is 12.3. The lowest BCUT2D eigenvalue weighted by Gasteiger charge is -2.29. The Labute approximate surface area is 212 Å². The van der Waals surface area contributed by atoms with Crippen molar-refractivity contribution in [2.45, 2.75) is 26.8 Å². The normalized spacial score (nSPS) is 12.7. The molecule has 1 aliphatic rings. The van der Waals surface area contributed by atoms with Gasteiger partial charge in [-0.1, -0.05) is 44.2 Å². The molecule has 0 aliphatic carbocycles. The minimum Gasteiger partial charge on any atom is -0.486 e. The third kappa shape index (κ3) is 6.52. The second-order valence-corrected chi connectivity index (χ2v) is 9.01. The van der Waals surface area contributed by atoms with E-state index in [1.165, 1.54) is 5.56 Å². The molecule has 0 radical (unpaired) electrons. The zero-order valence-corrected chi connectivity index (χ0v) is 21.3. The fourth-order valence-electron chi connectivity index (χ4n) is 4.24. The fourth-order valence-corrected chi connectivity index (χ4v) is 4.49.